The molecule has 1 aliphatic carbocycles. The lowest BCUT2D eigenvalue weighted by Gasteiger charge is -2.17. The van der Waals surface area contributed by atoms with E-state index in [-0.39, 0.29) is 12.4 Å². The van der Waals surface area contributed by atoms with E-state index in [4.69, 9.17) is 5.11 Å². The van der Waals surface area contributed by atoms with E-state index in [1.807, 2.05) is 42.5 Å². The van der Waals surface area contributed by atoms with E-state index in [2.05, 4.69) is 0 Å². The third-order valence-electron chi connectivity index (χ3n) is 3.13. The summed E-state index contributed by atoms with van der Waals surface area (Å²) >= 11 is 0. The molecule has 2 heteroatoms. The smallest absolute Gasteiger partial charge is 0.163 e. The molecule has 0 atom stereocenters. The molecule has 0 amide bonds. The van der Waals surface area contributed by atoms with Crippen LogP contribution in [0.1, 0.15) is 31.2 Å². The Balaban J connectivity index is 2.30. The molecule has 0 heterocycles. The minimum absolute atomic E-state index is 0.135. The number of rotatable bonds is 3. The molecule has 0 aromatic heterocycles. The molecule has 18 heavy (non-hydrogen) atoms. The van der Waals surface area contributed by atoms with E-state index in [0.717, 1.165) is 29.6 Å². The van der Waals surface area contributed by atoms with Gasteiger partial charge in [-0.3, -0.25) is 4.79 Å². The molecule has 0 spiro atoms. The van der Waals surface area contributed by atoms with Crippen LogP contribution in [-0.4, -0.2) is 17.5 Å². The zero-order chi connectivity index (χ0) is 12.8. The number of aliphatic hydroxyl groups excluding tert-OH is 1. The Labute approximate surface area is 108 Å². The summed E-state index contributed by atoms with van der Waals surface area (Å²) < 4.78 is 0. The molecule has 1 N–H and O–H groups in total. The van der Waals surface area contributed by atoms with Crippen LogP contribution < -0.4 is 0 Å². The first-order valence-corrected chi connectivity index (χ1v) is 6.41. The number of allylic oxidation sites excluding steroid dienone is 2. The average molecular weight is 242 g/mol. The second kappa shape index (κ2) is 6.31. The van der Waals surface area contributed by atoms with Gasteiger partial charge in [0.2, 0.25) is 0 Å². The summed E-state index contributed by atoms with van der Waals surface area (Å²) in [6.07, 6.45) is 7.06. The summed E-state index contributed by atoms with van der Waals surface area (Å²) in [4.78, 5) is 12.0. The maximum Gasteiger partial charge on any atom is 0.163 e. The number of benzene rings is 1. The molecule has 2 rings (SSSR count). The van der Waals surface area contributed by atoms with Crippen molar-refractivity contribution in [1.82, 2.24) is 0 Å². The average Bonchev–Trinajstić information content (AvgIpc) is 2.41. The topological polar surface area (TPSA) is 37.3 Å². The molecule has 1 aliphatic rings. The highest BCUT2D eigenvalue weighted by atomic mass is 16.2. The SMILES string of the molecule is O=C1CCCC(=C/CCO)/C1=C\c1ccccc1. The van der Waals surface area contributed by atoms with Gasteiger partial charge in [0.1, 0.15) is 0 Å². The minimum atomic E-state index is 0.135. The van der Waals surface area contributed by atoms with Crippen molar-refractivity contribution >= 4 is 11.9 Å². The van der Waals surface area contributed by atoms with Crippen molar-refractivity contribution in [2.24, 2.45) is 0 Å². The van der Waals surface area contributed by atoms with Gasteiger partial charge in [-0.25, -0.2) is 0 Å². The molecule has 1 aromatic carbocycles. The summed E-state index contributed by atoms with van der Waals surface area (Å²) in [5.74, 6) is 0.217. The van der Waals surface area contributed by atoms with Crippen molar-refractivity contribution in [2.75, 3.05) is 6.61 Å². The fraction of sp³-hybridized carbons (Fsp3) is 0.312. The van der Waals surface area contributed by atoms with Crippen LogP contribution in [0.2, 0.25) is 0 Å². The Hall–Kier alpha value is -1.67. The number of Topliss-reactive ketones (excluding diaryl/α,β-unsaturated/α-hetero) is 1. The highest BCUT2D eigenvalue weighted by Gasteiger charge is 2.19. The normalized spacial score (nSPS) is 20.6. The van der Waals surface area contributed by atoms with Crippen LogP contribution in [0.3, 0.4) is 0 Å². The highest BCUT2D eigenvalue weighted by Crippen LogP contribution is 2.28. The summed E-state index contributed by atoms with van der Waals surface area (Å²) in [5.41, 5.74) is 2.96. The summed E-state index contributed by atoms with van der Waals surface area (Å²) in [5, 5.41) is 8.89. The molecule has 2 nitrogen and oxygen atoms in total. The van der Waals surface area contributed by atoms with E-state index in [9.17, 15) is 4.79 Å². The maximum atomic E-state index is 12.0. The first-order chi connectivity index (χ1) is 8.81. The molecule has 0 aliphatic heterocycles. The third-order valence-corrected chi connectivity index (χ3v) is 3.13. The fourth-order valence-corrected chi connectivity index (χ4v) is 2.23. The molecule has 0 saturated heterocycles. The largest absolute Gasteiger partial charge is 0.396 e. The van der Waals surface area contributed by atoms with Crippen molar-refractivity contribution in [3.8, 4) is 0 Å². The van der Waals surface area contributed by atoms with E-state index in [1.165, 1.54) is 0 Å². The first-order valence-electron chi connectivity index (χ1n) is 6.41. The van der Waals surface area contributed by atoms with Crippen LogP contribution in [-0.2, 0) is 4.79 Å². The lowest BCUT2D eigenvalue weighted by Crippen LogP contribution is -2.11. The zero-order valence-corrected chi connectivity index (χ0v) is 10.4. The van der Waals surface area contributed by atoms with Crippen LogP contribution in [0.4, 0.5) is 0 Å². The molecular weight excluding hydrogens is 224 g/mol. The second-order valence-electron chi connectivity index (χ2n) is 4.49. The molecule has 1 fully saturated rings. The van der Waals surface area contributed by atoms with Crippen molar-refractivity contribution in [2.45, 2.75) is 25.7 Å². The molecule has 0 bridgehead atoms. The van der Waals surface area contributed by atoms with Crippen molar-refractivity contribution in [3.63, 3.8) is 0 Å². The van der Waals surface area contributed by atoms with Crippen molar-refractivity contribution in [1.29, 1.82) is 0 Å². The lowest BCUT2D eigenvalue weighted by molar-refractivity contribution is -0.115. The molecular formula is C16H18O2. The van der Waals surface area contributed by atoms with Gasteiger partial charge in [-0.15, -0.1) is 0 Å². The molecule has 0 unspecified atom stereocenters. The predicted octanol–water partition coefficient (Wildman–Crippen LogP) is 3.13. The summed E-state index contributed by atoms with van der Waals surface area (Å²) in [7, 11) is 0. The number of aliphatic hydroxyl groups is 1. The third kappa shape index (κ3) is 3.17. The van der Waals surface area contributed by atoms with Crippen LogP contribution in [0.5, 0.6) is 0 Å². The Morgan fingerprint density at radius 3 is 2.67 bits per heavy atom. The van der Waals surface area contributed by atoms with Crippen LogP contribution >= 0.6 is 0 Å². The van der Waals surface area contributed by atoms with E-state index in [0.29, 0.717) is 12.8 Å². The summed E-state index contributed by atoms with van der Waals surface area (Å²) in [6, 6.07) is 9.90. The van der Waals surface area contributed by atoms with Crippen molar-refractivity contribution in [3.05, 3.63) is 53.1 Å². The van der Waals surface area contributed by atoms with Gasteiger partial charge in [0, 0.05) is 18.6 Å². The minimum Gasteiger partial charge on any atom is -0.396 e. The van der Waals surface area contributed by atoms with E-state index >= 15 is 0 Å². The van der Waals surface area contributed by atoms with Gasteiger partial charge in [-0.05, 0) is 36.5 Å². The van der Waals surface area contributed by atoms with Gasteiger partial charge in [-0.1, -0.05) is 36.4 Å². The Bertz CT molecular complexity index is 469. The fourth-order valence-electron chi connectivity index (χ4n) is 2.23. The van der Waals surface area contributed by atoms with Gasteiger partial charge in [0.25, 0.3) is 0 Å². The van der Waals surface area contributed by atoms with E-state index in [1.54, 1.807) is 0 Å². The first kappa shape index (κ1) is 12.8. The quantitative estimate of drug-likeness (QED) is 0.827. The van der Waals surface area contributed by atoms with Crippen LogP contribution in [0.25, 0.3) is 6.08 Å². The van der Waals surface area contributed by atoms with Gasteiger partial charge < -0.3 is 5.11 Å². The van der Waals surface area contributed by atoms with Crippen LogP contribution in [0.15, 0.2) is 47.6 Å². The highest BCUT2D eigenvalue weighted by molar-refractivity contribution is 6.04. The van der Waals surface area contributed by atoms with Gasteiger partial charge in [0.15, 0.2) is 5.78 Å². The number of carbonyl (C=O) groups is 1. The molecule has 94 valence electrons. The molecule has 1 saturated carbocycles. The Morgan fingerprint density at radius 1 is 1.17 bits per heavy atom. The van der Waals surface area contributed by atoms with E-state index < -0.39 is 0 Å². The van der Waals surface area contributed by atoms with Gasteiger partial charge >= 0.3 is 0 Å². The predicted molar refractivity (Wildman–Crippen MR) is 73.1 cm³/mol. The number of ketones is 1. The monoisotopic (exact) mass is 242 g/mol. The Morgan fingerprint density at radius 2 is 1.94 bits per heavy atom. The molecule has 0 radical (unpaired) electrons. The Kier molecular flexibility index (Phi) is 4.48. The number of hydrogen-bond acceptors (Lipinski definition) is 2. The van der Waals surface area contributed by atoms with Gasteiger partial charge in [0.05, 0.1) is 0 Å². The lowest BCUT2D eigenvalue weighted by atomic mass is 9.86. The van der Waals surface area contributed by atoms with Gasteiger partial charge in [-0.2, -0.15) is 0 Å². The zero-order valence-electron chi connectivity index (χ0n) is 10.4. The molecule has 1 aromatic rings. The number of carbonyl (C=O) groups excluding carboxylic acids is 1. The summed E-state index contributed by atoms with van der Waals surface area (Å²) in [6.45, 7) is 0.135. The standard InChI is InChI=1S/C16H18O2/c17-11-5-9-14-8-4-10-16(18)15(14)12-13-6-2-1-3-7-13/h1-3,6-7,9,12,17H,4-5,8,10-11H2/b14-9-,15-12+. The maximum absolute atomic E-state index is 12.0. The van der Waals surface area contributed by atoms with Crippen molar-refractivity contribution < 1.29 is 9.90 Å². The number of hydrogen-bond donors (Lipinski definition) is 1. The van der Waals surface area contributed by atoms with Crippen LogP contribution in [0, 0.1) is 0 Å². The second-order valence-corrected chi connectivity index (χ2v) is 4.49.